The van der Waals surface area contributed by atoms with E-state index in [4.69, 9.17) is 17.4 Å². The fraction of sp³-hybridized carbons (Fsp3) is 0.154. The van der Waals surface area contributed by atoms with E-state index >= 15 is 0 Å². The first-order chi connectivity index (χ1) is 9.10. The van der Waals surface area contributed by atoms with Crippen molar-refractivity contribution in [3.05, 3.63) is 64.4 Å². The second-order valence-electron chi connectivity index (χ2n) is 4.07. The van der Waals surface area contributed by atoms with E-state index in [2.05, 4.69) is 10.4 Å². The van der Waals surface area contributed by atoms with E-state index < -0.39 is 17.7 Å². The van der Waals surface area contributed by atoms with Crippen molar-refractivity contribution in [2.24, 2.45) is 5.84 Å². The van der Waals surface area contributed by atoms with Gasteiger partial charge in [0.25, 0.3) is 0 Å². The summed E-state index contributed by atoms with van der Waals surface area (Å²) in [5.41, 5.74) is 3.57. The van der Waals surface area contributed by atoms with Crippen LogP contribution in [0.25, 0.3) is 0 Å². The van der Waals surface area contributed by atoms with Gasteiger partial charge in [0.2, 0.25) is 0 Å². The van der Waals surface area contributed by atoms with Crippen molar-refractivity contribution in [2.45, 2.75) is 12.5 Å². The molecule has 0 fully saturated rings. The summed E-state index contributed by atoms with van der Waals surface area (Å²) in [6.07, 6.45) is 1.86. The average Bonchev–Trinajstić information content (AvgIpc) is 2.36. The van der Waals surface area contributed by atoms with Crippen LogP contribution in [-0.4, -0.2) is 4.98 Å². The summed E-state index contributed by atoms with van der Waals surface area (Å²) in [5.74, 6) is 4.21. The topological polar surface area (TPSA) is 50.9 Å². The summed E-state index contributed by atoms with van der Waals surface area (Å²) in [6.45, 7) is 0. The molecule has 0 aliphatic carbocycles. The Morgan fingerprint density at radius 2 is 1.95 bits per heavy atom. The van der Waals surface area contributed by atoms with Crippen LogP contribution in [0.5, 0.6) is 0 Å². The zero-order chi connectivity index (χ0) is 13.8. The van der Waals surface area contributed by atoms with Gasteiger partial charge in [0, 0.05) is 12.3 Å². The molecule has 19 heavy (non-hydrogen) atoms. The Kier molecular flexibility index (Phi) is 4.42. The molecule has 1 heterocycles. The number of hydrogen-bond donors (Lipinski definition) is 2. The van der Waals surface area contributed by atoms with E-state index in [1.54, 1.807) is 18.3 Å². The Balaban J connectivity index is 2.26. The molecule has 6 heteroatoms. The molecule has 0 aliphatic heterocycles. The van der Waals surface area contributed by atoms with Gasteiger partial charge in [-0.25, -0.2) is 8.78 Å². The monoisotopic (exact) mass is 283 g/mol. The molecule has 0 spiro atoms. The molecule has 1 aromatic heterocycles. The predicted octanol–water partition coefficient (Wildman–Crippen LogP) is 2.76. The highest BCUT2D eigenvalue weighted by Crippen LogP contribution is 2.23. The van der Waals surface area contributed by atoms with Crippen LogP contribution in [0.15, 0.2) is 36.5 Å². The van der Waals surface area contributed by atoms with Crippen LogP contribution in [0.1, 0.15) is 17.3 Å². The van der Waals surface area contributed by atoms with Crippen LogP contribution in [0.2, 0.25) is 5.02 Å². The number of hydrogen-bond acceptors (Lipinski definition) is 3. The zero-order valence-electron chi connectivity index (χ0n) is 9.91. The molecule has 0 saturated heterocycles. The van der Waals surface area contributed by atoms with Crippen molar-refractivity contribution < 1.29 is 8.78 Å². The number of pyridine rings is 1. The van der Waals surface area contributed by atoms with Crippen molar-refractivity contribution in [1.82, 2.24) is 10.4 Å². The number of halogens is 3. The summed E-state index contributed by atoms with van der Waals surface area (Å²) < 4.78 is 26.3. The molecule has 2 rings (SSSR count). The highest BCUT2D eigenvalue weighted by Gasteiger charge is 2.16. The van der Waals surface area contributed by atoms with Crippen LogP contribution in [0.4, 0.5) is 8.78 Å². The molecule has 1 atom stereocenters. The van der Waals surface area contributed by atoms with Gasteiger partial charge in [-0.1, -0.05) is 11.6 Å². The average molecular weight is 284 g/mol. The zero-order valence-corrected chi connectivity index (χ0v) is 10.7. The van der Waals surface area contributed by atoms with E-state index in [0.717, 1.165) is 6.07 Å². The fourth-order valence-corrected chi connectivity index (χ4v) is 2.11. The standard InChI is InChI=1S/C13H12ClF2N3/c14-11-2-1-3-18-13(11)12(19-17)6-8-4-9(15)7-10(16)5-8/h1-5,7,12,19H,6,17H2. The Bertz CT molecular complexity index is 557. The van der Waals surface area contributed by atoms with Gasteiger partial charge in [-0.05, 0) is 36.2 Å². The largest absolute Gasteiger partial charge is 0.271 e. The summed E-state index contributed by atoms with van der Waals surface area (Å²) in [6, 6.07) is 6.29. The lowest BCUT2D eigenvalue weighted by atomic mass is 10.0. The summed E-state index contributed by atoms with van der Waals surface area (Å²) in [5, 5.41) is 0.447. The smallest absolute Gasteiger partial charge is 0.126 e. The molecular formula is C13H12ClF2N3. The quantitative estimate of drug-likeness (QED) is 0.670. The summed E-state index contributed by atoms with van der Waals surface area (Å²) in [4.78, 5) is 4.13. The third-order valence-corrected chi connectivity index (χ3v) is 3.00. The lowest BCUT2D eigenvalue weighted by Gasteiger charge is -2.16. The van der Waals surface area contributed by atoms with Crippen LogP contribution in [0.3, 0.4) is 0 Å². The molecule has 1 aromatic carbocycles. The fourth-order valence-electron chi connectivity index (χ4n) is 1.85. The van der Waals surface area contributed by atoms with Gasteiger partial charge in [0.15, 0.2) is 0 Å². The van der Waals surface area contributed by atoms with Crippen molar-refractivity contribution in [1.29, 1.82) is 0 Å². The summed E-state index contributed by atoms with van der Waals surface area (Å²) in [7, 11) is 0. The molecule has 0 amide bonds. The highest BCUT2D eigenvalue weighted by atomic mass is 35.5. The third kappa shape index (κ3) is 3.47. The minimum Gasteiger partial charge on any atom is -0.271 e. The lowest BCUT2D eigenvalue weighted by molar-refractivity contribution is 0.529. The van der Waals surface area contributed by atoms with Crippen LogP contribution in [0, 0.1) is 11.6 Å². The molecule has 1 unspecified atom stereocenters. The van der Waals surface area contributed by atoms with Gasteiger partial charge < -0.3 is 0 Å². The summed E-state index contributed by atoms with van der Waals surface area (Å²) >= 11 is 6.02. The van der Waals surface area contributed by atoms with Crippen molar-refractivity contribution in [3.63, 3.8) is 0 Å². The number of aromatic nitrogens is 1. The maximum Gasteiger partial charge on any atom is 0.126 e. The maximum absolute atomic E-state index is 13.1. The number of nitrogens with two attached hydrogens (primary N) is 1. The lowest BCUT2D eigenvalue weighted by Crippen LogP contribution is -2.30. The van der Waals surface area contributed by atoms with Gasteiger partial charge in [-0.2, -0.15) is 0 Å². The minimum atomic E-state index is -0.627. The Labute approximate surface area is 114 Å². The first-order valence-electron chi connectivity index (χ1n) is 5.61. The van der Waals surface area contributed by atoms with E-state index in [1.807, 2.05) is 0 Å². The van der Waals surface area contributed by atoms with Crippen LogP contribution >= 0.6 is 11.6 Å². The highest BCUT2D eigenvalue weighted by molar-refractivity contribution is 6.31. The van der Waals surface area contributed by atoms with Gasteiger partial charge in [-0.3, -0.25) is 16.3 Å². The normalized spacial score (nSPS) is 12.4. The van der Waals surface area contributed by atoms with Crippen molar-refractivity contribution in [2.75, 3.05) is 0 Å². The number of rotatable bonds is 4. The number of hydrazine groups is 1. The predicted molar refractivity (Wildman–Crippen MR) is 69.4 cm³/mol. The SMILES string of the molecule is NNC(Cc1cc(F)cc(F)c1)c1ncccc1Cl. The number of benzene rings is 1. The van der Waals surface area contributed by atoms with E-state index in [9.17, 15) is 8.78 Å². The Hall–Kier alpha value is -1.56. The molecule has 0 radical (unpaired) electrons. The van der Waals surface area contributed by atoms with Crippen LogP contribution in [-0.2, 0) is 6.42 Å². The number of nitrogens with zero attached hydrogens (tertiary/aromatic N) is 1. The van der Waals surface area contributed by atoms with Gasteiger partial charge in [0.1, 0.15) is 11.6 Å². The molecule has 2 aromatic rings. The first-order valence-corrected chi connectivity index (χ1v) is 5.99. The molecular weight excluding hydrogens is 272 g/mol. The van der Waals surface area contributed by atoms with E-state index in [0.29, 0.717) is 16.3 Å². The Morgan fingerprint density at radius 1 is 1.26 bits per heavy atom. The Morgan fingerprint density at radius 3 is 2.53 bits per heavy atom. The van der Waals surface area contributed by atoms with Crippen LogP contribution < -0.4 is 11.3 Å². The van der Waals surface area contributed by atoms with Gasteiger partial charge in [0.05, 0.1) is 16.8 Å². The maximum atomic E-state index is 13.1. The molecule has 0 aliphatic rings. The van der Waals surface area contributed by atoms with E-state index in [-0.39, 0.29) is 6.42 Å². The van der Waals surface area contributed by atoms with E-state index in [1.165, 1.54) is 12.1 Å². The molecule has 0 saturated carbocycles. The molecule has 3 nitrogen and oxygen atoms in total. The van der Waals surface area contributed by atoms with Crippen molar-refractivity contribution >= 4 is 11.6 Å². The molecule has 100 valence electrons. The third-order valence-electron chi connectivity index (χ3n) is 2.68. The van der Waals surface area contributed by atoms with Gasteiger partial charge in [-0.15, -0.1) is 0 Å². The second kappa shape index (κ2) is 6.06. The second-order valence-corrected chi connectivity index (χ2v) is 4.48. The van der Waals surface area contributed by atoms with Crippen molar-refractivity contribution in [3.8, 4) is 0 Å². The number of nitrogens with one attached hydrogen (secondary N) is 1. The first kappa shape index (κ1) is 13.9. The minimum absolute atomic E-state index is 0.280. The molecule has 0 bridgehead atoms. The van der Waals surface area contributed by atoms with Gasteiger partial charge >= 0.3 is 0 Å². The molecule has 3 N–H and O–H groups in total.